The number of aromatic nitrogens is 2. The molecule has 3 heterocycles. The molecule has 2 aromatic heterocycles. The van der Waals surface area contributed by atoms with Crippen LogP contribution >= 0.6 is 22.7 Å². The third-order valence-electron chi connectivity index (χ3n) is 4.60. The van der Waals surface area contributed by atoms with Gasteiger partial charge in [-0.2, -0.15) is 0 Å². The van der Waals surface area contributed by atoms with E-state index in [1.807, 2.05) is 29.5 Å². The van der Waals surface area contributed by atoms with Crippen LogP contribution in [0.5, 0.6) is 0 Å². The molecule has 0 spiro atoms. The molecular weight excluding hydrogens is 352 g/mol. The van der Waals surface area contributed by atoms with E-state index in [9.17, 15) is 4.79 Å². The van der Waals surface area contributed by atoms with Crippen LogP contribution < -0.4 is 4.90 Å². The Kier molecular flexibility index (Phi) is 4.67. The molecule has 1 amide bonds. The fourth-order valence-electron chi connectivity index (χ4n) is 3.09. The van der Waals surface area contributed by atoms with Gasteiger partial charge in [-0.3, -0.25) is 4.79 Å². The van der Waals surface area contributed by atoms with Crippen LogP contribution in [0.2, 0.25) is 0 Å². The van der Waals surface area contributed by atoms with Crippen molar-refractivity contribution in [3.05, 3.63) is 40.3 Å². The van der Waals surface area contributed by atoms with E-state index in [0.29, 0.717) is 6.42 Å². The molecule has 0 aliphatic carbocycles. The number of carbonyl (C=O) groups excluding carboxylic acids is 1. The van der Waals surface area contributed by atoms with E-state index < -0.39 is 0 Å². The number of hydrogen-bond donors (Lipinski definition) is 0. The minimum Gasteiger partial charge on any atom is -0.345 e. The number of nitrogens with zero attached hydrogens (tertiary/aromatic N) is 4. The van der Waals surface area contributed by atoms with Crippen molar-refractivity contribution < 1.29 is 4.79 Å². The van der Waals surface area contributed by atoms with Crippen LogP contribution in [-0.4, -0.2) is 47.0 Å². The monoisotopic (exact) mass is 372 g/mol. The first-order valence-corrected chi connectivity index (χ1v) is 10.2. The van der Waals surface area contributed by atoms with Crippen LogP contribution in [0.15, 0.2) is 29.8 Å². The molecule has 0 unspecified atom stereocenters. The SMILES string of the molecule is Cc1ncsc1CCC(=O)N1CCN(c2nc3ccccc3s2)CC1. The molecule has 1 aliphatic heterocycles. The fourth-order valence-corrected chi connectivity index (χ4v) is 4.89. The van der Waals surface area contributed by atoms with E-state index >= 15 is 0 Å². The van der Waals surface area contributed by atoms with Crippen LogP contribution in [0.4, 0.5) is 5.13 Å². The Bertz CT molecular complexity index is 847. The van der Waals surface area contributed by atoms with Crippen molar-refractivity contribution in [1.82, 2.24) is 14.9 Å². The Labute approximate surface area is 154 Å². The van der Waals surface area contributed by atoms with Gasteiger partial charge < -0.3 is 9.80 Å². The number of para-hydroxylation sites is 1. The van der Waals surface area contributed by atoms with Gasteiger partial charge in [-0.25, -0.2) is 9.97 Å². The molecule has 25 heavy (non-hydrogen) atoms. The molecule has 0 radical (unpaired) electrons. The molecule has 1 aliphatic rings. The minimum absolute atomic E-state index is 0.247. The zero-order valence-electron chi connectivity index (χ0n) is 14.1. The Hall–Kier alpha value is -1.99. The summed E-state index contributed by atoms with van der Waals surface area (Å²) in [6.07, 6.45) is 1.37. The van der Waals surface area contributed by atoms with Gasteiger partial charge in [0.05, 0.1) is 21.4 Å². The minimum atomic E-state index is 0.247. The molecule has 1 fully saturated rings. The van der Waals surface area contributed by atoms with Gasteiger partial charge in [0.15, 0.2) is 5.13 Å². The summed E-state index contributed by atoms with van der Waals surface area (Å²) >= 11 is 3.37. The lowest BCUT2D eigenvalue weighted by molar-refractivity contribution is -0.131. The zero-order chi connectivity index (χ0) is 17.2. The number of amides is 1. The van der Waals surface area contributed by atoms with E-state index in [4.69, 9.17) is 4.98 Å². The average molecular weight is 373 g/mol. The summed E-state index contributed by atoms with van der Waals surface area (Å²) in [6, 6.07) is 8.23. The van der Waals surface area contributed by atoms with Crippen LogP contribution in [-0.2, 0) is 11.2 Å². The van der Waals surface area contributed by atoms with Crippen LogP contribution in [0, 0.1) is 6.92 Å². The van der Waals surface area contributed by atoms with Crippen molar-refractivity contribution in [2.75, 3.05) is 31.1 Å². The summed E-state index contributed by atoms with van der Waals surface area (Å²) in [5.41, 5.74) is 3.96. The van der Waals surface area contributed by atoms with Crippen LogP contribution in [0.25, 0.3) is 10.2 Å². The molecule has 0 N–H and O–H groups in total. The summed E-state index contributed by atoms with van der Waals surface area (Å²) < 4.78 is 1.22. The van der Waals surface area contributed by atoms with Crippen molar-refractivity contribution in [2.45, 2.75) is 19.8 Å². The molecule has 130 valence electrons. The Morgan fingerprint density at radius 3 is 2.72 bits per heavy atom. The number of aryl methyl sites for hydroxylation is 2. The number of thiazole rings is 2. The first kappa shape index (κ1) is 16.5. The van der Waals surface area contributed by atoms with E-state index in [1.54, 1.807) is 22.7 Å². The van der Waals surface area contributed by atoms with Crippen molar-refractivity contribution in [3.8, 4) is 0 Å². The van der Waals surface area contributed by atoms with Gasteiger partial charge in [0.1, 0.15) is 0 Å². The molecule has 1 aromatic carbocycles. The Balaban J connectivity index is 1.33. The van der Waals surface area contributed by atoms with Gasteiger partial charge in [0, 0.05) is 37.5 Å². The van der Waals surface area contributed by atoms with Gasteiger partial charge in [-0.1, -0.05) is 23.5 Å². The maximum atomic E-state index is 12.5. The summed E-state index contributed by atoms with van der Waals surface area (Å²) in [4.78, 5) is 26.9. The molecule has 0 saturated carbocycles. The highest BCUT2D eigenvalue weighted by molar-refractivity contribution is 7.22. The van der Waals surface area contributed by atoms with Gasteiger partial charge in [-0.15, -0.1) is 11.3 Å². The number of benzene rings is 1. The van der Waals surface area contributed by atoms with E-state index in [2.05, 4.69) is 22.0 Å². The molecule has 0 atom stereocenters. The van der Waals surface area contributed by atoms with E-state index in [0.717, 1.165) is 48.9 Å². The zero-order valence-corrected chi connectivity index (χ0v) is 15.8. The van der Waals surface area contributed by atoms with Crippen molar-refractivity contribution in [1.29, 1.82) is 0 Å². The molecule has 3 aromatic rings. The summed E-state index contributed by atoms with van der Waals surface area (Å²) in [7, 11) is 0. The molecule has 1 saturated heterocycles. The Morgan fingerprint density at radius 1 is 1.20 bits per heavy atom. The maximum absolute atomic E-state index is 12.5. The lowest BCUT2D eigenvalue weighted by Crippen LogP contribution is -2.48. The third-order valence-corrected chi connectivity index (χ3v) is 6.69. The molecule has 0 bridgehead atoms. The van der Waals surface area contributed by atoms with Gasteiger partial charge in [-0.05, 0) is 25.5 Å². The average Bonchev–Trinajstić information content (AvgIpc) is 3.25. The topological polar surface area (TPSA) is 49.3 Å². The first-order chi connectivity index (χ1) is 12.2. The quantitative estimate of drug-likeness (QED) is 0.705. The lowest BCUT2D eigenvalue weighted by atomic mass is 10.2. The van der Waals surface area contributed by atoms with Crippen molar-refractivity contribution in [2.24, 2.45) is 0 Å². The highest BCUT2D eigenvalue weighted by Gasteiger charge is 2.23. The predicted molar refractivity (Wildman–Crippen MR) is 104 cm³/mol. The number of anilines is 1. The second-order valence-corrected chi connectivity index (χ2v) is 8.14. The van der Waals surface area contributed by atoms with Crippen LogP contribution in [0.3, 0.4) is 0 Å². The fraction of sp³-hybridized carbons (Fsp3) is 0.389. The highest BCUT2D eigenvalue weighted by atomic mass is 32.1. The van der Waals surface area contributed by atoms with Gasteiger partial charge >= 0.3 is 0 Å². The van der Waals surface area contributed by atoms with Gasteiger partial charge in [0.25, 0.3) is 0 Å². The Morgan fingerprint density at radius 2 is 2.00 bits per heavy atom. The summed E-state index contributed by atoms with van der Waals surface area (Å²) in [5.74, 6) is 0.247. The first-order valence-electron chi connectivity index (χ1n) is 8.48. The van der Waals surface area contributed by atoms with Gasteiger partial charge in [0.2, 0.25) is 5.91 Å². The summed E-state index contributed by atoms with van der Waals surface area (Å²) in [6.45, 7) is 5.26. The molecule has 4 rings (SSSR count). The van der Waals surface area contributed by atoms with E-state index in [-0.39, 0.29) is 5.91 Å². The second kappa shape index (κ2) is 7.09. The lowest BCUT2D eigenvalue weighted by Gasteiger charge is -2.34. The summed E-state index contributed by atoms with van der Waals surface area (Å²) in [5, 5.41) is 1.06. The predicted octanol–water partition coefficient (Wildman–Crippen LogP) is 3.34. The number of fused-ring (bicyclic) bond motifs is 1. The third kappa shape index (κ3) is 3.52. The molecule has 7 heteroatoms. The van der Waals surface area contributed by atoms with Crippen LogP contribution in [0.1, 0.15) is 17.0 Å². The number of hydrogen-bond acceptors (Lipinski definition) is 6. The molecule has 5 nitrogen and oxygen atoms in total. The largest absolute Gasteiger partial charge is 0.345 e. The standard InChI is InChI=1S/C18H20N4OS2/c1-13-15(24-12-19-13)6-7-17(23)21-8-10-22(11-9-21)18-20-14-4-2-3-5-16(14)25-18/h2-5,12H,6-11H2,1H3. The smallest absolute Gasteiger partial charge is 0.223 e. The normalized spacial score (nSPS) is 15.1. The van der Waals surface area contributed by atoms with E-state index in [1.165, 1.54) is 9.58 Å². The number of piperazine rings is 1. The van der Waals surface area contributed by atoms with Crippen molar-refractivity contribution in [3.63, 3.8) is 0 Å². The second-order valence-electron chi connectivity index (χ2n) is 6.19. The number of rotatable bonds is 4. The van der Waals surface area contributed by atoms with Crippen molar-refractivity contribution >= 4 is 43.9 Å². The highest BCUT2D eigenvalue weighted by Crippen LogP contribution is 2.29. The molecular formula is C18H20N4OS2. The maximum Gasteiger partial charge on any atom is 0.223 e. The number of carbonyl (C=O) groups is 1.